The van der Waals surface area contributed by atoms with Crippen LogP contribution in [0.2, 0.25) is 0 Å². The highest BCUT2D eigenvalue weighted by molar-refractivity contribution is 7.99. The molecule has 0 aliphatic heterocycles. The molecule has 0 radical (unpaired) electrons. The molecule has 0 amide bonds. The first-order chi connectivity index (χ1) is 9.16. The predicted molar refractivity (Wildman–Crippen MR) is 81.7 cm³/mol. The molecule has 0 spiro atoms. The molecule has 0 aromatic heterocycles. The number of carboxylic acid groups (broad SMARTS) is 1. The number of alkyl halides is 1. The first-order valence-electron chi connectivity index (χ1n) is 7.60. The number of halogens is 1. The number of aliphatic carboxylic acids is 1. The van der Waals surface area contributed by atoms with E-state index in [1.54, 1.807) is 11.8 Å². The number of carboxylic acids is 1. The maximum atomic E-state index is 13.5. The molecule has 1 atom stereocenters. The van der Waals surface area contributed by atoms with Gasteiger partial charge in [-0.05, 0) is 18.6 Å². The van der Waals surface area contributed by atoms with Crippen molar-refractivity contribution in [2.45, 2.75) is 77.3 Å². The molecular formula is C15H29FO2S. The van der Waals surface area contributed by atoms with E-state index >= 15 is 0 Å². The Hall–Kier alpha value is -0.250. The highest BCUT2D eigenvalue weighted by Crippen LogP contribution is 2.15. The van der Waals surface area contributed by atoms with Crippen LogP contribution < -0.4 is 0 Å². The van der Waals surface area contributed by atoms with E-state index < -0.39 is 12.1 Å². The molecule has 1 N–H and O–H groups in total. The third-order valence-corrected chi connectivity index (χ3v) is 4.17. The Morgan fingerprint density at radius 3 is 2.32 bits per heavy atom. The standard InChI is InChI=1S/C15H29FO2S/c1-2-3-4-5-6-7-8-9-14(16)10-12-19-13-11-15(17)18/h14H,2-13H2,1H3,(H,17,18)/i16-1. The van der Waals surface area contributed by atoms with Crippen LogP contribution in [0.3, 0.4) is 0 Å². The SMILES string of the molecule is CCCCCCCCCC([18F])CCSCCC(=O)O. The minimum atomic E-state index is -0.771. The topological polar surface area (TPSA) is 37.3 Å². The number of unbranched alkanes of at least 4 members (excludes halogenated alkanes) is 6. The highest BCUT2D eigenvalue weighted by Gasteiger charge is 2.06. The van der Waals surface area contributed by atoms with E-state index in [-0.39, 0.29) is 6.42 Å². The summed E-state index contributed by atoms with van der Waals surface area (Å²) >= 11 is 1.54. The minimum Gasteiger partial charge on any atom is -0.481 e. The first-order valence-corrected chi connectivity index (χ1v) is 8.76. The van der Waals surface area contributed by atoms with Crippen molar-refractivity contribution < 1.29 is 14.3 Å². The molecule has 0 aromatic carbocycles. The van der Waals surface area contributed by atoms with Gasteiger partial charge < -0.3 is 5.11 Å². The van der Waals surface area contributed by atoms with E-state index in [9.17, 15) is 9.18 Å². The summed E-state index contributed by atoms with van der Waals surface area (Å²) in [5.74, 6) is 0.567. The van der Waals surface area contributed by atoms with Crippen molar-refractivity contribution in [1.29, 1.82) is 0 Å². The van der Waals surface area contributed by atoms with Crippen LogP contribution in [0, 0.1) is 0 Å². The summed E-state index contributed by atoms with van der Waals surface area (Å²) in [6.45, 7) is 2.21. The first kappa shape index (κ1) is 18.8. The van der Waals surface area contributed by atoms with Gasteiger partial charge in [-0.1, -0.05) is 51.9 Å². The Labute approximate surface area is 121 Å². The second kappa shape index (κ2) is 14.2. The van der Waals surface area contributed by atoms with Crippen LogP contribution in [0.1, 0.15) is 71.1 Å². The molecule has 0 aromatic rings. The van der Waals surface area contributed by atoms with Crippen LogP contribution in [-0.4, -0.2) is 28.8 Å². The Balaban J connectivity index is 3.16. The average Bonchev–Trinajstić information content (AvgIpc) is 2.37. The van der Waals surface area contributed by atoms with Crippen molar-refractivity contribution in [1.82, 2.24) is 0 Å². The smallest absolute Gasteiger partial charge is 0.304 e. The average molecular weight is 291 g/mol. The van der Waals surface area contributed by atoms with Crippen LogP contribution in [0.4, 0.5) is 4.39 Å². The zero-order valence-corrected chi connectivity index (χ0v) is 13.0. The fraction of sp³-hybridized carbons (Fsp3) is 0.933. The van der Waals surface area contributed by atoms with Gasteiger partial charge in [-0.3, -0.25) is 4.79 Å². The van der Waals surface area contributed by atoms with E-state index in [0.717, 1.165) is 18.6 Å². The van der Waals surface area contributed by atoms with Gasteiger partial charge in [-0.25, -0.2) is 4.39 Å². The quantitative estimate of drug-likeness (QED) is 0.454. The predicted octanol–water partition coefficient (Wildman–Crippen LogP) is 5.06. The molecule has 1 unspecified atom stereocenters. The molecule has 0 saturated carbocycles. The van der Waals surface area contributed by atoms with E-state index in [1.165, 1.54) is 32.1 Å². The van der Waals surface area contributed by atoms with Crippen molar-refractivity contribution in [3.05, 3.63) is 0 Å². The van der Waals surface area contributed by atoms with Crippen LogP contribution in [0.5, 0.6) is 0 Å². The van der Waals surface area contributed by atoms with Crippen molar-refractivity contribution in [2.24, 2.45) is 0 Å². The van der Waals surface area contributed by atoms with Gasteiger partial charge >= 0.3 is 5.97 Å². The summed E-state index contributed by atoms with van der Waals surface area (Å²) in [4.78, 5) is 10.3. The lowest BCUT2D eigenvalue weighted by molar-refractivity contribution is -0.136. The van der Waals surface area contributed by atoms with Gasteiger partial charge in [0.1, 0.15) is 6.17 Å². The second-order valence-corrected chi connectivity index (χ2v) is 6.28. The van der Waals surface area contributed by atoms with Crippen LogP contribution >= 0.6 is 11.8 Å². The Kier molecular flexibility index (Phi) is 14.0. The summed E-state index contributed by atoms with van der Waals surface area (Å²) in [6.07, 6.45) is 9.29. The van der Waals surface area contributed by atoms with Crippen LogP contribution in [0.25, 0.3) is 0 Å². The van der Waals surface area contributed by atoms with Gasteiger partial charge in [0.25, 0.3) is 0 Å². The summed E-state index contributed by atoms with van der Waals surface area (Å²) in [5, 5.41) is 8.46. The number of carbonyl (C=O) groups is 1. The molecule has 19 heavy (non-hydrogen) atoms. The maximum absolute atomic E-state index is 13.5. The molecule has 2 nitrogen and oxygen atoms in total. The summed E-state index contributed by atoms with van der Waals surface area (Å²) < 4.78 is 13.5. The van der Waals surface area contributed by atoms with Crippen LogP contribution in [0.15, 0.2) is 0 Å². The van der Waals surface area contributed by atoms with Crippen molar-refractivity contribution in [2.75, 3.05) is 11.5 Å². The van der Waals surface area contributed by atoms with E-state index in [0.29, 0.717) is 18.6 Å². The minimum absolute atomic E-state index is 0.180. The third kappa shape index (κ3) is 15.7. The fourth-order valence-corrected chi connectivity index (χ4v) is 2.89. The summed E-state index contributed by atoms with van der Waals surface area (Å²) in [5.41, 5.74) is 0. The lowest BCUT2D eigenvalue weighted by atomic mass is 10.1. The largest absolute Gasteiger partial charge is 0.481 e. The number of thioether (sulfide) groups is 1. The molecule has 0 fully saturated rings. The number of hydrogen-bond donors (Lipinski definition) is 1. The normalized spacial score (nSPS) is 12.5. The van der Waals surface area contributed by atoms with Crippen molar-refractivity contribution in [3.8, 4) is 0 Å². The van der Waals surface area contributed by atoms with Gasteiger partial charge in [-0.15, -0.1) is 0 Å². The Morgan fingerprint density at radius 1 is 1.05 bits per heavy atom. The fourth-order valence-electron chi connectivity index (χ4n) is 1.94. The molecule has 114 valence electrons. The molecule has 0 aliphatic carbocycles. The summed E-state index contributed by atoms with van der Waals surface area (Å²) in [6, 6.07) is 0. The zero-order chi connectivity index (χ0) is 14.3. The number of rotatable bonds is 14. The molecule has 0 bridgehead atoms. The van der Waals surface area contributed by atoms with Gasteiger partial charge in [-0.2, -0.15) is 11.8 Å². The Morgan fingerprint density at radius 2 is 1.68 bits per heavy atom. The maximum Gasteiger partial charge on any atom is 0.304 e. The van der Waals surface area contributed by atoms with E-state index in [2.05, 4.69) is 6.92 Å². The molecule has 0 rings (SSSR count). The molecular weight excluding hydrogens is 262 g/mol. The lowest BCUT2D eigenvalue weighted by Crippen LogP contribution is -2.03. The monoisotopic (exact) mass is 291 g/mol. The third-order valence-electron chi connectivity index (χ3n) is 3.16. The zero-order valence-electron chi connectivity index (χ0n) is 12.2. The number of hydrogen-bond acceptors (Lipinski definition) is 2. The second-order valence-electron chi connectivity index (χ2n) is 5.05. The summed E-state index contributed by atoms with van der Waals surface area (Å²) in [7, 11) is 0. The van der Waals surface area contributed by atoms with Gasteiger partial charge in [0.2, 0.25) is 0 Å². The molecule has 0 saturated heterocycles. The molecule has 0 aliphatic rings. The van der Waals surface area contributed by atoms with Gasteiger partial charge in [0.05, 0.1) is 6.42 Å². The lowest BCUT2D eigenvalue weighted by Gasteiger charge is -2.07. The molecule has 4 heteroatoms. The van der Waals surface area contributed by atoms with Gasteiger partial charge in [0, 0.05) is 5.75 Å². The van der Waals surface area contributed by atoms with E-state index in [1.807, 2.05) is 0 Å². The molecule has 0 heterocycles. The van der Waals surface area contributed by atoms with Crippen LogP contribution in [-0.2, 0) is 4.79 Å². The Bertz CT molecular complexity index is 212. The van der Waals surface area contributed by atoms with Gasteiger partial charge in [0.15, 0.2) is 0 Å². The van der Waals surface area contributed by atoms with Crippen molar-refractivity contribution in [3.63, 3.8) is 0 Å². The highest BCUT2D eigenvalue weighted by atomic mass is 32.2. The van der Waals surface area contributed by atoms with Crippen molar-refractivity contribution >= 4 is 17.7 Å². The van der Waals surface area contributed by atoms with E-state index in [4.69, 9.17) is 5.11 Å².